The fourth-order valence-electron chi connectivity index (χ4n) is 0.802. The summed E-state index contributed by atoms with van der Waals surface area (Å²) in [7, 11) is 1.00. The first-order valence-electron chi connectivity index (χ1n) is 3.49. The second kappa shape index (κ2) is 15.8. The minimum Gasteiger partial charge on any atom is -0.400 e. The quantitative estimate of drug-likeness (QED) is 0.487. The van der Waals surface area contributed by atoms with Crippen molar-refractivity contribution in [1.29, 1.82) is 0 Å². The van der Waals surface area contributed by atoms with E-state index in [0.29, 0.717) is 0 Å². The number of hydrogen-bond donors (Lipinski definition) is 2. The number of rotatable bonds is 0. The van der Waals surface area contributed by atoms with Gasteiger partial charge in [-0.3, -0.25) is 0 Å². The second-order valence-electron chi connectivity index (χ2n) is 1.81. The Bertz CT molecular complexity index is 46.0. The highest BCUT2D eigenvalue weighted by atomic mass is 16.2. The lowest BCUT2D eigenvalue weighted by Crippen LogP contribution is -2.21. The standard InChI is InChI=1S/C5H11N.C2H2.CH4O/c1-2-4-6-5-3-1;2*1-2/h6H,1-5H2;1-2H;2H,1H3. The molecule has 0 atom stereocenters. The first-order valence-corrected chi connectivity index (χ1v) is 3.49. The maximum absolute atomic E-state index is 7.00. The molecule has 1 saturated heterocycles. The van der Waals surface area contributed by atoms with Crippen LogP contribution in [0.2, 0.25) is 0 Å². The van der Waals surface area contributed by atoms with Crippen molar-refractivity contribution < 1.29 is 5.11 Å². The van der Waals surface area contributed by atoms with Gasteiger partial charge >= 0.3 is 0 Å². The molecule has 0 spiro atoms. The average molecular weight is 143 g/mol. The van der Waals surface area contributed by atoms with Crippen LogP contribution >= 0.6 is 0 Å². The normalized spacial score (nSPS) is 15.2. The third-order valence-electron chi connectivity index (χ3n) is 1.21. The molecule has 2 N–H and O–H groups in total. The van der Waals surface area contributed by atoms with Gasteiger partial charge in [-0.05, 0) is 25.9 Å². The second-order valence-corrected chi connectivity index (χ2v) is 1.81. The summed E-state index contributed by atoms with van der Waals surface area (Å²) in [5, 5.41) is 10.3. The maximum Gasteiger partial charge on any atom is 0.0319 e. The van der Waals surface area contributed by atoms with Gasteiger partial charge in [0.1, 0.15) is 0 Å². The SMILES string of the molecule is C#C.C1CCNCC1.CO. The molecule has 0 amide bonds. The van der Waals surface area contributed by atoms with Gasteiger partial charge in [-0.25, -0.2) is 0 Å². The van der Waals surface area contributed by atoms with E-state index in [1.54, 1.807) is 0 Å². The first kappa shape index (κ1) is 12.2. The molecular weight excluding hydrogens is 126 g/mol. The van der Waals surface area contributed by atoms with Crippen LogP contribution in [-0.2, 0) is 0 Å². The predicted octanol–water partition coefficient (Wildman–Crippen LogP) is 0.618. The van der Waals surface area contributed by atoms with Crippen molar-refractivity contribution in [2.75, 3.05) is 20.2 Å². The zero-order chi connectivity index (χ0) is 8.24. The summed E-state index contributed by atoms with van der Waals surface area (Å²) in [4.78, 5) is 0. The van der Waals surface area contributed by atoms with Gasteiger partial charge in [-0.2, -0.15) is 0 Å². The number of aliphatic hydroxyl groups excluding tert-OH is 1. The monoisotopic (exact) mass is 143 g/mol. The third kappa shape index (κ3) is 10.5. The molecule has 0 radical (unpaired) electrons. The molecule has 0 aromatic heterocycles. The number of piperidine rings is 1. The molecule has 0 unspecified atom stereocenters. The molecule has 0 aliphatic carbocycles. The largest absolute Gasteiger partial charge is 0.400 e. The van der Waals surface area contributed by atoms with Gasteiger partial charge < -0.3 is 10.4 Å². The average Bonchev–Trinajstić information content (AvgIpc) is 2.14. The van der Waals surface area contributed by atoms with E-state index in [1.807, 2.05) is 0 Å². The Morgan fingerprint density at radius 3 is 1.50 bits per heavy atom. The van der Waals surface area contributed by atoms with Crippen LogP contribution in [0.5, 0.6) is 0 Å². The molecule has 0 saturated carbocycles. The summed E-state index contributed by atoms with van der Waals surface area (Å²) in [6.45, 7) is 2.50. The zero-order valence-corrected chi connectivity index (χ0v) is 6.64. The lowest BCUT2D eigenvalue weighted by molar-refractivity contribution is 0.399. The Hall–Kier alpha value is -0.520. The molecule has 0 aromatic carbocycles. The van der Waals surface area contributed by atoms with E-state index in [2.05, 4.69) is 18.2 Å². The molecule has 1 aliphatic heterocycles. The van der Waals surface area contributed by atoms with E-state index in [4.69, 9.17) is 5.11 Å². The lowest BCUT2D eigenvalue weighted by Gasteiger charge is -2.08. The van der Waals surface area contributed by atoms with Crippen molar-refractivity contribution in [3.8, 4) is 12.8 Å². The summed E-state index contributed by atoms with van der Waals surface area (Å²) in [5.41, 5.74) is 0. The van der Waals surface area contributed by atoms with Gasteiger partial charge in [0.2, 0.25) is 0 Å². The summed E-state index contributed by atoms with van der Waals surface area (Å²) >= 11 is 0. The Labute approximate surface area is 63.6 Å². The molecule has 2 heteroatoms. The van der Waals surface area contributed by atoms with Crippen molar-refractivity contribution >= 4 is 0 Å². The molecule has 60 valence electrons. The number of nitrogens with one attached hydrogen (secondary N) is 1. The number of terminal acetylenes is 1. The van der Waals surface area contributed by atoms with Crippen LogP contribution in [-0.4, -0.2) is 25.3 Å². The van der Waals surface area contributed by atoms with Crippen LogP contribution in [0.3, 0.4) is 0 Å². The van der Waals surface area contributed by atoms with Gasteiger partial charge in [-0.15, -0.1) is 12.8 Å². The topological polar surface area (TPSA) is 32.3 Å². The first-order chi connectivity index (χ1) is 5.00. The van der Waals surface area contributed by atoms with E-state index in [1.165, 1.54) is 32.4 Å². The minimum atomic E-state index is 1.00. The Kier molecular flexibility index (Phi) is 19.3. The van der Waals surface area contributed by atoms with Crippen LogP contribution in [0.1, 0.15) is 19.3 Å². The van der Waals surface area contributed by atoms with Crippen molar-refractivity contribution in [3.63, 3.8) is 0 Å². The van der Waals surface area contributed by atoms with Crippen LogP contribution in [0.25, 0.3) is 0 Å². The minimum absolute atomic E-state index is 1.00. The third-order valence-corrected chi connectivity index (χ3v) is 1.21. The van der Waals surface area contributed by atoms with Gasteiger partial charge in [0, 0.05) is 7.11 Å². The molecule has 10 heavy (non-hydrogen) atoms. The summed E-state index contributed by atoms with van der Waals surface area (Å²) in [6.07, 6.45) is 12.2. The fourth-order valence-corrected chi connectivity index (χ4v) is 0.802. The zero-order valence-electron chi connectivity index (χ0n) is 6.64. The van der Waals surface area contributed by atoms with Crippen molar-refractivity contribution in [3.05, 3.63) is 0 Å². The maximum atomic E-state index is 7.00. The van der Waals surface area contributed by atoms with E-state index < -0.39 is 0 Å². The van der Waals surface area contributed by atoms with E-state index in [-0.39, 0.29) is 0 Å². The summed E-state index contributed by atoms with van der Waals surface area (Å²) in [6, 6.07) is 0. The van der Waals surface area contributed by atoms with Gasteiger partial charge in [0.25, 0.3) is 0 Å². The Morgan fingerprint density at radius 1 is 1.00 bits per heavy atom. The summed E-state index contributed by atoms with van der Waals surface area (Å²) in [5.74, 6) is 0. The van der Waals surface area contributed by atoms with E-state index in [9.17, 15) is 0 Å². The van der Waals surface area contributed by atoms with Crippen LogP contribution in [0.15, 0.2) is 0 Å². The molecule has 1 aliphatic rings. The van der Waals surface area contributed by atoms with Crippen LogP contribution in [0, 0.1) is 12.8 Å². The molecule has 0 bridgehead atoms. The van der Waals surface area contributed by atoms with Crippen LogP contribution in [0.4, 0.5) is 0 Å². The molecular formula is C8H17NO. The van der Waals surface area contributed by atoms with Crippen LogP contribution < -0.4 is 5.32 Å². The summed E-state index contributed by atoms with van der Waals surface area (Å²) < 4.78 is 0. The molecule has 2 nitrogen and oxygen atoms in total. The van der Waals surface area contributed by atoms with Gasteiger partial charge in [0.05, 0.1) is 0 Å². The van der Waals surface area contributed by atoms with Gasteiger partial charge in [-0.1, -0.05) is 6.42 Å². The highest BCUT2D eigenvalue weighted by molar-refractivity contribution is 4.55. The van der Waals surface area contributed by atoms with Gasteiger partial charge in [0.15, 0.2) is 0 Å². The van der Waals surface area contributed by atoms with Crippen molar-refractivity contribution in [2.24, 2.45) is 0 Å². The Morgan fingerprint density at radius 2 is 1.40 bits per heavy atom. The molecule has 1 rings (SSSR count). The number of hydrogen-bond acceptors (Lipinski definition) is 2. The highest BCUT2D eigenvalue weighted by Crippen LogP contribution is 1.96. The smallest absolute Gasteiger partial charge is 0.0319 e. The fraction of sp³-hybridized carbons (Fsp3) is 0.750. The molecule has 1 fully saturated rings. The Balaban J connectivity index is 0. The van der Waals surface area contributed by atoms with Crippen molar-refractivity contribution in [2.45, 2.75) is 19.3 Å². The molecule has 1 heterocycles. The number of aliphatic hydroxyl groups is 1. The lowest BCUT2D eigenvalue weighted by atomic mass is 10.2. The van der Waals surface area contributed by atoms with E-state index >= 15 is 0 Å². The predicted molar refractivity (Wildman–Crippen MR) is 44.8 cm³/mol. The highest BCUT2D eigenvalue weighted by Gasteiger charge is 1.93. The van der Waals surface area contributed by atoms with Crippen molar-refractivity contribution in [1.82, 2.24) is 5.32 Å². The van der Waals surface area contributed by atoms with E-state index in [0.717, 1.165) is 7.11 Å². The molecule has 0 aromatic rings.